The molecule has 6 nitrogen and oxygen atoms in total. The van der Waals surface area contributed by atoms with Crippen molar-refractivity contribution >= 4 is 17.5 Å². The molecule has 2 heterocycles. The van der Waals surface area contributed by atoms with Crippen LogP contribution in [0.15, 0.2) is 66.6 Å². The first-order chi connectivity index (χ1) is 12.7. The van der Waals surface area contributed by atoms with Crippen LogP contribution in [0.4, 0.5) is 0 Å². The summed E-state index contributed by atoms with van der Waals surface area (Å²) in [4.78, 5) is 16.5. The van der Waals surface area contributed by atoms with Crippen LogP contribution in [-0.2, 0) is 6.54 Å². The van der Waals surface area contributed by atoms with E-state index in [1.54, 1.807) is 43.8 Å². The normalized spacial score (nSPS) is 10.5. The molecular formula is C19H18N4O2S. The van der Waals surface area contributed by atoms with Crippen LogP contribution < -0.4 is 4.74 Å². The fourth-order valence-corrected chi connectivity index (χ4v) is 3.26. The van der Waals surface area contributed by atoms with Gasteiger partial charge in [0.05, 0.1) is 12.9 Å². The second-order valence-electron chi connectivity index (χ2n) is 5.39. The van der Waals surface area contributed by atoms with E-state index in [-0.39, 0.29) is 11.5 Å². The van der Waals surface area contributed by atoms with Crippen LogP contribution in [0.2, 0.25) is 0 Å². The topological polar surface area (TPSA) is 69.9 Å². The zero-order valence-electron chi connectivity index (χ0n) is 14.3. The molecule has 0 saturated heterocycles. The Morgan fingerprint density at radius 3 is 2.81 bits per heavy atom. The molecule has 0 N–H and O–H groups in total. The van der Waals surface area contributed by atoms with Gasteiger partial charge in [-0.25, -0.2) is 0 Å². The summed E-state index contributed by atoms with van der Waals surface area (Å²) in [6.07, 6.45) is 5.20. The van der Waals surface area contributed by atoms with Crippen molar-refractivity contribution in [2.24, 2.45) is 0 Å². The van der Waals surface area contributed by atoms with Crippen LogP contribution in [0.3, 0.4) is 0 Å². The lowest BCUT2D eigenvalue weighted by atomic mass is 10.1. The van der Waals surface area contributed by atoms with Gasteiger partial charge in [-0.1, -0.05) is 30.0 Å². The molecule has 2 aromatic heterocycles. The Morgan fingerprint density at radius 1 is 1.27 bits per heavy atom. The van der Waals surface area contributed by atoms with Gasteiger partial charge in [0.15, 0.2) is 16.8 Å². The van der Waals surface area contributed by atoms with Gasteiger partial charge >= 0.3 is 0 Å². The SMILES string of the molecule is C=CCn1c(SCC(=O)c2cccc(OC)c2)nnc1-c1ccncc1. The van der Waals surface area contributed by atoms with Gasteiger partial charge in [-0.2, -0.15) is 0 Å². The third kappa shape index (κ3) is 4.00. The van der Waals surface area contributed by atoms with E-state index in [1.165, 1.54) is 11.8 Å². The van der Waals surface area contributed by atoms with Crippen molar-refractivity contribution in [3.63, 3.8) is 0 Å². The van der Waals surface area contributed by atoms with Crippen LogP contribution in [0.25, 0.3) is 11.4 Å². The smallest absolute Gasteiger partial charge is 0.192 e. The number of aromatic nitrogens is 4. The summed E-state index contributed by atoms with van der Waals surface area (Å²) in [7, 11) is 1.58. The van der Waals surface area contributed by atoms with Gasteiger partial charge < -0.3 is 4.74 Å². The Labute approximate surface area is 155 Å². The number of allylic oxidation sites excluding steroid dienone is 1. The lowest BCUT2D eigenvalue weighted by Crippen LogP contribution is -2.05. The van der Waals surface area contributed by atoms with Gasteiger partial charge in [-0.3, -0.25) is 14.3 Å². The number of rotatable bonds is 8. The van der Waals surface area contributed by atoms with E-state index in [2.05, 4.69) is 21.8 Å². The van der Waals surface area contributed by atoms with Crippen molar-refractivity contribution in [1.29, 1.82) is 0 Å². The standard InChI is InChI=1S/C19H18N4O2S/c1-3-11-23-18(14-7-9-20-10-8-14)21-22-19(23)26-13-17(24)15-5-4-6-16(12-15)25-2/h3-10,12H,1,11,13H2,2H3. The third-order valence-corrected chi connectivity index (χ3v) is 4.66. The van der Waals surface area contributed by atoms with E-state index >= 15 is 0 Å². The minimum atomic E-state index is 0.00696. The van der Waals surface area contributed by atoms with E-state index in [1.807, 2.05) is 22.8 Å². The summed E-state index contributed by atoms with van der Waals surface area (Å²) < 4.78 is 7.11. The van der Waals surface area contributed by atoms with Crippen molar-refractivity contribution in [2.75, 3.05) is 12.9 Å². The molecule has 3 rings (SSSR count). The summed E-state index contributed by atoms with van der Waals surface area (Å²) in [5, 5.41) is 9.18. The van der Waals surface area contributed by atoms with Gasteiger partial charge in [0, 0.05) is 30.1 Å². The van der Waals surface area contributed by atoms with E-state index in [0.29, 0.717) is 23.0 Å². The van der Waals surface area contributed by atoms with Crippen LogP contribution in [0, 0.1) is 0 Å². The predicted octanol–water partition coefficient (Wildman–Crippen LogP) is 3.51. The highest BCUT2D eigenvalue weighted by atomic mass is 32.2. The maximum Gasteiger partial charge on any atom is 0.192 e. The maximum atomic E-state index is 12.5. The number of methoxy groups -OCH3 is 1. The average Bonchev–Trinajstić information content (AvgIpc) is 3.09. The maximum absolute atomic E-state index is 12.5. The highest BCUT2D eigenvalue weighted by molar-refractivity contribution is 7.99. The number of nitrogens with zero attached hydrogens (tertiary/aromatic N) is 4. The zero-order valence-corrected chi connectivity index (χ0v) is 15.1. The Morgan fingerprint density at radius 2 is 2.08 bits per heavy atom. The lowest BCUT2D eigenvalue weighted by molar-refractivity contribution is 0.102. The molecule has 132 valence electrons. The minimum Gasteiger partial charge on any atom is -0.497 e. The van der Waals surface area contributed by atoms with Gasteiger partial charge in [0.2, 0.25) is 0 Å². The van der Waals surface area contributed by atoms with E-state index in [9.17, 15) is 4.79 Å². The first-order valence-corrected chi connectivity index (χ1v) is 8.96. The Bertz CT molecular complexity index is 909. The van der Waals surface area contributed by atoms with Gasteiger partial charge in [0.25, 0.3) is 0 Å². The molecule has 26 heavy (non-hydrogen) atoms. The molecule has 3 aromatic rings. The Balaban J connectivity index is 1.78. The van der Waals surface area contributed by atoms with Crippen molar-refractivity contribution < 1.29 is 9.53 Å². The molecule has 0 radical (unpaired) electrons. The predicted molar refractivity (Wildman–Crippen MR) is 101 cm³/mol. The number of hydrogen-bond acceptors (Lipinski definition) is 6. The first-order valence-electron chi connectivity index (χ1n) is 7.97. The molecule has 0 bridgehead atoms. The summed E-state index contributed by atoms with van der Waals surface area (Å²) in [6.45, 7) is 4.35. The summed E-state index contributed by atoms with van der Waals surface area (Å²) in [5.74, 6) is 1.66. The van der Waals surface area contributed by atoms with Crippen molar-refractivity contribution in [3.05, 3.63) is 67.0 Å². The van der Waals surface area contributed by atoms with Crippen molar-refractivity contribution in [3.8, 4) is 17.1 Å². The fourth-order valence-electron chi connectivity index (χ4n) is 2.41. The quantitative estimate of drug-likeness (QED) is 0.345. The van der Waals surface area contributed by atoms with Crippen LogP contribution in [0.1, 0.15) is 10.4 Å². The molecule has 0 aliphatic carbocycles. The van der Waals surface area contributed by atoms with E-state index in [4.69, 9.17) is 4.74 Å². The molecule has 0 spiro atoms. The van der Waals surface area contributed by atoms with Crippen molar-refractivity contribution in [1.82, 2.24) is 19.7 Å². The van der Waals surface area contributed by atoms with Crippen LogP contribution >= 0.6 is 11.8 Å². The number of ether oxygens (including phenoxy) is 1. The molecule has 0 aliphatic rings. The van der Waals surface area contributed by atoms with Crippen molar-refractivity contribution in [2.45, 2.75) is 11.7 Å². The number of ketones is 1. The number of carbonyl (C=O) groups excluding carboxylic acids is 1. The number of benzene rings is 1. The first kappa shape index (κ1) is 17.9. The highest BCUT2D eigenvalue weighted by Gasteiger charge is 2.15. The Hall–Kier alpha value is -2.93. The van der Waals surface area contributed by atoms with E-state index < -0.39 is 0 Å². The van der Waals surface area contributed by atoms with Crippen LogP contribution in [-0.4, -0.2) is 38.4 Å². The summed E-state index contributed by atoms with van der Waals surface area (Å²) >= 11 is 1.35. The zero-order chi connectivity index (χ0) is 18.4. The molecule has 0 amide bonds. The molecule has 7 heteroatoms. The largest absolute Gasteiger partial charge is 0.497 e. The number of pyridine rings is 1. The molecule has 1 aromatic carbocycles. The van der Waals surface area contributed by atoms with Gasteiger partial charge in [0.1, 0.15) is 5.75 Å². The molecular weight excluding hydrogens is 348 g/mol. The summed E-state index contributed by atoms with van der Waals surface area (Å²) in [6, 6.07) is 10.9. The number of carbonyl (C=O) groups is 1. The fraction of sp³-hybridized carbons (Fsp3) is 0.158. The lowest BCUT2D eigenvalue weighted by Gasteiger charge is -2.07. The average molecular weight is 366 g/mol. The summed E-state index contributed by atoms with van der Waals surface area (Å²) in [5.41, 5.74) is 1.53. The Kier molecular flexibility index (Phi) is 5.80. The highest BCUT2D eigenvalue weighted by Crippen LogP contribution is 2.24. The minimum absolute atomic E-state index is 0.00696. The molecule has 0 saturated carbocycles. The number of Topliss-reactive ketones (excluding diaryl/α,β-unsaturated/α-hetero) is 1. The second-order valence-corrected chi connectivity index (χ2v) is 6.33. The molecule has 0 aliphatic heterocycles. The third-order valence-electron chi connectivity index (χ3n) is 3.69. The van der Waals surface area contributed by atoms with Gasteiger partial charge in [-0.15, -0.1) is 16.8 Å². The number of thioether (sulfide) groups is 1. The van der Waals surface area contributed by atoms with Crippen LogP contribution in [0.5, 0.6) is 5.75 Å². The van der Waals surface area contributed by atoms with Gasteiger partial charge in [-0.05, 0) is 24.3 Å². The number of hydrogen-bond donors (Lipinski definition) is 0. The molecule has 0 fully saturated rings. The monoisotopic (exact) mass is 366 g/mol. The molecule has 0 unspecified atom stereocenters. The molecule has 0 atom stereocenters. The second kappa shape index (κ2) is 8.44. The van der Waals surface area contributed by atoms with E-state index in [0.717, 1.165) is 11.4 Å².